The number of H-pyrrole nitrogens is 1. The van der Waals surface area contributed by atoms with Crippen LogP contribution in [0.5, 0.6) is 0 Å². The highest BCUT2D eigenvalue weighted by Crippen LogP contribution is 2.32. The van der Waals surface area contributed by atoms with E-state index in [2.05, 4.69) is 15.2 Å². The minimum Gasteiger partial charge on any atom is -0.325 e. The van der Waals surface area contributed by atoms with Gasteiger partial charge in [-0.15, -0.1) is 0 Å². The van der Waals surface area contributed by atoms with Crippen molar-refractivity contribution in [2.24, 2.45) is 5.73 Å². The second-order valence-corrected chi connectivity index (χ2v) is 4.82. The Bertz CT molecular complexity index is 762. The van der Waals surface area contributed by atoms with E-state index >= 15 is 0 Å². The van der Waals surface area contributed by atoms with Crippen LogP contribution in [0, 0.1) is 12.7 Å². The van der Waals surface area contributed by atoms with Gasteiger partial charge in [0.25, 0.3) is 0 Å². The Labute approximate surface area is 121 Å². The summed E-state index contributed by atoms with van der Waals surface area (Å²) in [5.41, 5.74) is 11.1. The summed E-state index contributed by atoms with van der Waals surface area (Å²) in [6.45, 7) is 2.34. The number of nitrogens with one attached hydrogen (secondary N) is 1. The predicted molar refractivity (Wildman–Crippen MR) is 79.8 cm³/mol. The summed E-state index contributed by atoms with van der Waals surface area (Å²) >= 11 is 0. The average Bonchev–Trinajstić information content (AvgIpc) is 2.90. The zero-order valence-electron chi connectivity index (χ0n) is 11.6. The number of aryl methyl sites for hydroxylation is 1. The van der Waals surface area contributed by atoms with E-state index in [4.69, 9.17) is 5.73 Å². The second-order valence-electron chi connectivity index (χ2n) is 4.82. The lowest BCUT2D eigenvalue weighted by Gasteiger charge is -2.06. The van der Waals surface area contributed by atoms with E-state index in [1.54, 1.807) is 18.3 Å². The minimum absolute atomic E-state index is 0.262. The van der Waals surface area contributed by atoms with Crippen LogP contribution in [0.25, 0.3) is 22.4 Å². The van der Waals surface area contributed by atoms with E-state index in [0.717, 1.165) is 33.8 Å². The summed E-state index contributed by atoms with van der Waals surface area (Å²) in [5, 5.41) is 7.34. The molecule has 0 spiro atoms. The molecule has 0 bridgehead atoms. The van der Waals surface area contributed by atoms with Gasteiger partial charge < -0.3 is 5.73 Å². The fourth-order valence-corrected chi connectivity index (χ4v) is 2.34. The third kappa shape index (κ3) is 2.55. The molecular weight excluding hydrogens is 267 g/mol. The number of aromatic amines is 1. The molecule has 0 amide bonds. The third-order valence-electron chi connectivity index (χ3n) is 3.38. The largest absolute Gasteiger partial charge is 0.325 e. The van der Waals surface area contributed by atoms with Gasteiger partial charge in [-0.25, -0.2) is 4.39 Å². The summed E-state index contributed by atoms with van der Waals surface area (Å²) in [6.07, 6.45) is 1.73. The number of pyridine rings is 1. The Kier molecular flexibility index (Phi) is 3.50. The number of hydrogen-bond donors (Lipinski definition) is 2. The van der Waals surface area contributed by atoms with Gasteiger partial charge >= 0.3 is 0 Å². The molecule has 3 rings (SSSR count). The third-order valence-corrected chi connectivity index (χ3v) is 3.38. The van der Waals surface area contributed by atoms with E-state index in [1.807, 2.05) is 19.1 Å². The first-order valence-corrected chi connectivity index (χ1v) is 6.65. The Morgan fingerprint density at radius 2 is 1.90 bits per heavy atom. The maximum Gasteiger partial charge on any atom is 0.123 e. The maximum atomic E-state index is 13.1. The van der Waals surface area contributed by atoms with Crippen molar-refractivity contribution >= 4 is 0 Å². The Morgan fingerprint density at radius 3 is 2.62 bits per heavy atom. The molecule has 0 aliphatic heterocycles. The summed E-state index contributed by atoms with van der Waals surface area (Å²) in [6, 6.07) is 10.2. The Hall–Kier alpha value is -2.53. The molecule has 4 nitrogen and oxygen atoms in total. The first kappa shape index (κ1) is 13.5. The smallest absolute Gasteiger partial charge is 0.123 e. The molecule has 0 saturated carbocycles. The second kappa shape index (κ2) is 5.46. The van der Waals surface area contributed by atoms with Crippen LogP contribution in [0.3, 0.4) is 0 Å². The molecule has 0 aliphatic carbocycles. The molecule has 2 aromatic heterocycles. The molecule has 5 heteroatoms. The van der Waals surface area contributed by atoms with Gasteiger partial charge in [-0.3, -0.25) is 10.1 Å². The summed E-state index contributed by atoms with van der Waals surface area (Å²) in [7, 11) is 0. The molecule has 0 atom stereocenters. The number of nitrogens with two attached hydrogens (primary N) is 1. The predicted octanol–water partition coefficient (Wildman–Crippen LogP) is 3.04. The molecule has 1 aromatic carbocycles. The highest BCUT2D eigenvalue weighted by molar-refractivity contribution is 5.82. The van der Waals surface area contributed by atoms with Gasteiger partial charge in [0.15, 0.2) is 0 Å². The number of rotatable bonds is 3. The number of halogens is 1. The quantitative estimate of drug-likeness (QED) is 0.776. The Morgan fingerprint density at radius 1 is 1.14 bits per heavy atom. The molecule has 0 saturated heterocycles. The van der Waals surface area contributed by atoms with Gasteiger partial charge in [0, 0.05) is 29.6 Å². The molecule has 0 radical (unpaired) electrons. The van der Waals surface area contributed by atoms with E-state index in [9.17, 15) is 4.39 Å². The van der Waals surface area contributed by atoms with Crippen LogP contribution in [-0.4, -0.2) is 15.2 Å². The van der Waals surface area contributed by atoms with Gasteiger partial charge in [-0.05, 0) is 48.9 Å². The lowest BCUT2D eigenvalue weighted by molar-refractivity contribution is 0.628. The normalized spacial score (nSPS) is 10.8. The van der Waals surface area contributed by atoms with Crippen LogP contribution < -0.4 is 5.73 Å². The van der Waals surface area contributed by atoms with Crippen molar-refractivity contribution in [3.63, 3.8) is 0 Å². The van der Waals surface area contributed by atoms with Gasteiger partial charge in [0.1, 0.15) is 11.5 Å². The van der Waals surface area contributed by atoms with Crippen molar-refractivity contribution < 1.29 is 4.39 Å². The van der Waals surface area contributed by atoms with E-state index < -0.39 is 0 Å². The van der Waals surface area contributed by atoms with E-state index in [0.29, 0.717) is 6.54 Å². The van der Waals surface area contributed by atoms with Gasteiger partial charge in [-0.2, -0.15) is 5.10 Å². The van der Waals surface area contributed by atoms with Crippen LogP contribution in [0.15, 0.2) is 42.6 Å². The molecule has 0 unspecified atom stereocenters. The lowest BCUT2D eigenvalue weighted by atomic mass is 9.99. The SMILES string of the molecule is Cc1[nH]nc(-c2ccc(F)cc2)c1-c1ccnc(CN)c1. The van der Waals surface area contributed by atoms with Crippen molar-refractivity contribution in [3.05, 3.63) is 59.8 Å². The molecule has 3 N–H and O–H groups in total. The van der Waals surface area contributed by atoms with Crippen molar-refractivity contribution in [1.29, 1.82) is 0 Å². The lowest BCUT2D eigenvalue weighted by Crippen LogP contribution is -1.99. The molecule has 106 valence electrons. The highest BCUT2D eigenvalue weighted by Gasteiger charge is 2.14. The maximum absolute atomic E-state index is 13.1. The zero-order valence-corrected chi connectivity index (χ0v) is 11.6. The first-order chi connectivity index (χ1) is 10.2. The molecular formula is C16H15FN4. The Balaban J connectivity index is 2.14. The fraction of sp³-hybridized carbons (Fsp3) is 0.125. The zero-order chi connectivity index (χ0) is 14.8. The monoisotopic (exact) mass is 282 g/mol. The number of nitrogens with zero attached hydrogens (tertiary/aromatic N) is 2. The van der Waals surface area contributed by atoms with Crippen LogP contribution in [0.4, 0.5) is 4.39 Å². The van der Waals surface area contributed by atoms with Crippen molar-refractivity contribution in [2.45, 2.75) is 13.5 Å². The number of benzene rings is 1. The first-order valence-electron chi connectivity index (χ1n) is 6.65. The highest BCUT2D eigenvalue weighted by atomic mass is 19.1. The van der Waals surface area contributed by atoms with Crippen LogP contribution >= 0.6 is 0 Å². The van der Waals surface area contributed by atoms with Crippen molar-refractivity contribution in [1.82, 2.24) is 15.2 Å². The fourth-order valence-electron chi connectivity index (χ4n) is 2.34. The minimum atomic E-state index is -0.262. The molecule has 0 fully saturated rings. The summed E-state index contributed by atoms with van der Waals surface area (Å²) in [4.78, 5) is 4.21. The van der Waals surface area contributed by atoms with Gasteiger partial charge in [-0.1, -0.05) is 0 Å². The average molecular weight is 282 g/mol. The molecule has 21 heavy (non-hydrogen) atoms. The van der Waals surface area contributed by atoms with Gasteiger partial charge in [0.2, 0.25) is 0 Å². The van der Waals surface area contributed by atoms with Crippen LogP contribution in [0.1, 0.15) is 11.4 Å². The van der Waals surface area contributed by atoms with E-state index in [1.165, 1.54) is 12.1 Å². The summed E-state index contributed by atoms with van der Waals surface area (Å²) in [5.74, 6) is -0.262. The molecule has 3 aromatic rings. The topological polar surface area (TPSA) is 67.6 Å². The summed E-state index contributed by atoms with van der Waals surface area (Å²) < 4.78 is 13.1. The van der Waals surface area contributed by atoms with E-state index in [-0.39, 0.29) is 5.82 Å². The standard InChI is InChI=1S/C16H15FN4/c1-10-15(12-6-7-19-14(8-12)9-18)16(21-20-10)11-2-4-13(17)5-3-11/h2-8H,9,18H2,1H3,(H,20,21). The van der Waals surface area contributed by atoms with Crippen LogP contribution in [0.2, 0.25) is 0 Å². The van der Waals surface area contributed by atoms with Crippen molar-refractivity contribution in [2.75, 3.05) is 0 Å². The number of aromatic nitrogens is 3. The van der Waals surface area contributed by atoms with Crippen molar-refractivity contribution in [3.8, 4) is 22.4 Å². The molecule has 2 heterocycles. The van der Waals surface area contributed by atoms with Gasteiger partial charge in [0.05, 0.1) is 5.69 Å². The van der Waals surface area contributed by atoms with Crippen LogP contribution in [-0.2, 0) is 6.54 Å². The molecule has 0 aliphatic rings. The number of hydrogen-bond acceptors (Lipinski definition) is 3.